The maximum absolute atomic E-state index is 15.8. The summed E-state index contributed by atoms with van der Waals surface area (Å²) < 4.78 is 34.5. The fourth-order valence-electron chi connectivity index (χ4n) is 6.04. The number of nitrogens with one attached hydrogen (secondary N) is 1. The number of hydrogen-bond acceptors (Lipinski definition) is 8. The van der Waals surface area contributed by atoms with E-state index in [1.807, 2.05) is 11.8 Å². The van der Waals surface area contributed by atoms with E-state index < -0.39 is 17.7 Å². The maximum Gasteiger partial charge on any atom is 0.255 e. The minimum atomic E-state index is -1.04. The first-order valence-electron chi connectivity index (χ1n) is 12.6. The molecule has 3 aliphatic rings. The summed E-state index contributed by atoms with van der Waals surface area (Å²) in [6.45, 7) is 4.15. The Bertz CT molecular complexity index is 1340. The van der Waals surface area contributed by atoms with Crippen LogP contribution in [0.5, 0.6) is 11.5 Å². The van der Waals surface area contributed by atoms with Crippen LogP contribution in [-0.4, -0.2) is 61.7 Å². The first kappa shape index (κ1) is 24.0. The Labute approximate surface area is 214 Å². The summed E-state index contributed by atoms with van der Waals surface area (Å²) in [4.78, 5) is 10.3. The summed E-state index contributed by atoms with van der Waals surface area (Å²) in [6, 6.07) is 6.45. The predicted octanol–water partition coefficient (Wildman–Crippen LogP) is 4.43. The van der Waals surface area contributed by atoms with Crippen molar-refractivity contribution < 1.29 is 18.6 Å². The molecule has 2 saturated heterocycles. The van der Waals surface area contributed by atoms with Gasteiger partial charge < -0.3 is 20.1 Å². The third kappa shape index (κ3) is 4.17. The summed E-state index contributed by atoms with van der Waals surface area (Å²) in [5.41, 5.74) is 1.45. The molecule has 1 saturated carbocycles. The molecular formula is C27H30F2N6O2. The number of aromatic hydroxyl groups is 1. The third-order valence-corrected chi connectivity index (χ3v) is 8.10. The lowest BCUT2D eigenvalue weighted by Gasteiger charge is -2.48. The van der Waals surface area contributed by atoms with Gasteiger partial charge in [0.25, 0.3) is 5.95 Å². The van der Waals surface area contributed by atoms with Crippen molar-refractivity contribution in [3.05, 3.63) is 42.6 Å². The first-order chi connectivity index (χ1) is 17.7. The lowest BCUT2D eigenvalue weighted by molar-refractivity contribution is 0.0828. The number of rotatable bonds is 6. The highest BCUT2D eigenvalue weighted by atomic mass is 19.1. The fraction of sp³-hybridized carbons (Fsp3) is 0.481. The first-order valence-corrected chi connectivity index (χ1v) is 12.6. The number of pyridine rings is 1. The van der Waals surface area contributed by atoms with Gasteiger partial charge >= 0.3 is 0 Å². The van der Waals surface area contributed by atoms with Crippen molar-refractivity contribution in [2.24, 2.45) is 0 Å². The molecule has 2 aliphatic heterocycles. The number of aromatic nitrogens is 4. The number of methoxy groups -OCH3 is 1. The summed E-state index contributed by atoms with van der Waals surface area (Å²) in [5, 5.41) is 23.0. The van der Waals surface area contributed by atoms with Gasteiger partial charge in [0.1, 0.15) is 17.6 Å². The van der Waals surface area contributed by atoms with Crippen LogP contribution in [0.25, 0.3) is 22.4 Å². The Balaban J connectivity index is 1.27. The largest absolute Gasteiger partial charge is 0.507 e. The van der Waals surface area contributed by atoms with Crippen molar-refractivity contribution >= 4 is 5.95 Å². The molecule has 194 valence electrons. The van der Waals surface area contributed by atoms with Crippen LogP contribution in [0.2, 0.25) is 0 Å². The van der Waals surface area contributed by atoms with Crippen LogP contribution in [0.15, 0.2) is 36.7 Å². The molecule has 4 heterocycles. The molecule has 4 atom stereocenters. The molecule has 2 N–H and O–H groups in total. The number of phenols is 1. The molecule has 1 aliphatic carbocycles. The maximum atomic E-state index is 15.8. The molecule has 3 fully saturated rings. The number of phenolic OH excluding ortho intramolecular Hbond substituents is 1. The molecule has 2 bridgehead atoms. The number of hydrogen-bond donors (Lipinski definition) is 2. The normalized spacial score (nSPS) is 28.8. The summed E-state index contributed by atoms with van der Waals surface area (Å²) >= 11 is 0. The van der Waals surface area contributed by atoms with Crippen molar-refractivity contribution in [3.63, 3.8) is 0 Å². The van der Waals surface area contributed by atoms with Crippen LogP contribution in [0.4, 0.5) is 14.7 Å². The van der Waals surface area contributed by atoms with Gasteiger partial charge in [-0.15, -0.1) is 10.2 Å². The standard InChI is InChI=1S/C27H30F2N6O2/c1-26-8-9-27(2,34-26)23(28)20(12-26)35(17-5-6-17)25-31-14-19(32-33-25)18-7-4-15(10-21(18)36)16-11-22(37-3)24(29)30-13-16/h4,7,10-11,13-14,17,20,23,34,36H,5-6,8-9,12H2,1-3H3/t20-,23-,26-,27+/m0/s1. The molecule has 37 heavy (non-hydrogen) atoms. The Morgan fingerprint density at radius 3 is 2.57 bits per heavy atom. The zero-order chi connectivity index (χ0) is 25.9. The number of benzene rings is 1. The van der Waals surface area contributed by atoms with Crippen LogP contribution >= 0.6 is 0 Å². The van der Waals surface area contributed by atoms with E-state index >= 15 is 4.39 Å². The molecule has 3 aromatic rings. The second-order valence-electron chi connectivity index (χ2n) is 11.0. The number of nitrogens with zero attached hydrogens (tertiary/aromatic N) is 5. The molecule has 0 radical (unpaired) electrons. The Morgan fingerprint density at radius 2 is 1.89 bits per heavy atom. The quantitative estimate of drug-likeness (QED) is 0.472. The second-order valence-corrected chi connectivity index (χ2v) is 11.0. The molecule has 1 aromatic carbocycles. The smallest absolute Gasteiger partial charge is 0.255 e. The molecule has 6 rings (SSSR count). The van der Waals surface area contributed by atoms with Crippen molar-refractivity contribution in [2.45, 2.75) is 75.3 Å². The summed E-state index contributed by atoms with van der Waals surface area (Å²) in [6.07, 6.45) is 6.34. The van der Waals surface area contributed by atoms with Gasteiger partial charge in [-0.05, 0) is 69.7 Å². The molecule has 0 spiro atoms. The van der Waals surface area contributed by atoms with Crippen molar-refractivity contribution in [1.29, 1.82) is 0 Å². The molecule has 10 heteroatoms. The minimum Gasteiger partial charge on any atom is -0.507 e. The minimum absolute atomic E-state index is 0.0206. The topological polar surface area (TPSA) is 96.3 Å². The number of alkyl halides is 1. The molecule has 8 nitrogen and oxygen atoms in total. The van der Waals surface area contributed by atoms with E-state index in [2.05, 4.69) is 32.4 Å². The second kappa shape index (κ2) is 8.58. The van der Waals surface area contributed by atoms with Gasteiger partial charge in [0.2, 0.25) is 5.95 Å². The van der Waals surface area contributed by atoms with E-state index in [9.17, 15) is 9.50 Å². The predicted molar refractivity (Wildman–Crippen MR) is 135 cm³/mol. The van der Waals surface area contributed by atoms with Gasteiger partial charge in [0.05, 0.1) is 19.3 Å². The molecule has 0 unspecified atom stereocenters. The third-order valence-electron chi connectivity index (χ3n) is 8.10. The van der Waals surface area contributed by atoms with Gasteiger partial charge in [-0.1, -0.05) is 6.07 Å². The fourth-order valence-corrected chi connectivity index (χ4v) is 6.04. The molecule has 0 amide bonds. The van der Waals surface area contributed by atoms with Gasteiger partial charge in [0.15, 0.2) is 5.75 Å². The van der Waals surface area contributed by atoms with Crippen molar-refractivity contribution in [1.82, 2.24) is 25.5 Å². The number of piperidine rings is 1. The van der Waals surface area contributed by atoms with E-state index in [1.165, 1.54) is 19.4 Å². The molecular weight excluding hydrogens is 478 g/mol. The average Bonchev–Trinajstić information content (AvgIpc) is 3.68. The highest BCUT2D eigenvalue weighted by Gasteiger charge is 2.58. The zero-order valence-corrected chi connectivity index (χ0v) is 21.1. The lowest BCUT2D eigenvalue weighted by atomic mass is 9.82. The number of fused-ring (bicyclic) bond motifs is 2. The zero-order valence-electron chi connectivity index (χ0n) is 21.1. The van der Waals surface area contributed by atoms with E-state index in [1.54, 1.807) is 24.4 Å². The van der Waals surface area contributed by atoms with Crippen molar-refractivity contribution in [2.75, 3.05) is 12.0 Å². The van der Waals surface area contributed by atoms with Gasteiger partial charge in [0, 0.05) is 34.4 Å². The van der Waals surface area contributed by atoms with E-state index in [0.29, 0.717) is 34.8 Å². The van der Waals surface area contributed by atoms with Crippen LogP contribution in [0, 0.1) is 5.95 Å². The van der Waals surface area contributed by atoms with E-state index in [4.69, 9.17) is 4.74 Å². The van der Waals surface area contributed by atoms with Gasteiger partial charge in [-0.25, -0.2) is 14.4 Å². The van der Waals surface area contributed by atoms with Gasteiger partial charge in [-0.3, -0.25) is 0 Å². The number of halogens is 2. The number of ether oxygens (including phenoxy) is 1. The van der Waals surface area contributed by atoms with Crippen LogP contribution in [0.1, 0.15) is 46.0 Å². The van der Waals surface area contributed by atoms with Crippen LogP contribution in [-0.2, 0) is 0 Å². The van der Waals surface area contributed by atoms with Gasteiger partial charge in [-0.2, -0.15) is 4.39 Å². The Kier molecular flexibility index (Phi) is 5.56. The van der Waals surface area contributed by atoms with Crippen LogP contribution in [0.3, 0.4) is 0 Å². The highest BCUT2D eigenvalue weighted by Crippen LogP contribution is 2.47. The highest BCUT2D eigenvalue weighted by molar-refractivity contribution is 5.74. The summed E-state index contributed by atoms with van der Waals surface area (Å²) in [5.74, 6) is -0.281. The average molecular weight is 509 g/mol. The summed E-state index contributed by atoms with van der Waals surface area (Å²) in [7, 11) is 1.37. The van der Waals surface area contributed by atoms with E-state index in [0.717, 1.165) is 25.7 Å². The van der Waals surface area contributed by atoms with Crippen LogP contribution < -0.4 is 15.0 Å². The van der Waals surface area contributed by atoms with E-state index in [-0.39, 0.29) is 29.1 Å². The van der Waals surface area contributed by atoms with Crippen molar-refractivity contribution in [3.8, 4) is 33.9 Å². The molecule has 2 aromatic heterocycles. The lowest BCUT2D eigenvalue weighted by Crippen LogP contribution is -2.66. The Morgan fingerprint density at radius 1 is 1.08 bits per heavy atom. The monoisotopic (exact) mass is 508 g/mol. The SMILES string of the molecule is COc1cc(-c2ccc(-c3cnc(N(C4CC4)[C@H]4C[C@]5(C)CC[C@@](C)(N5)[C@H]4F)nn3)c(O)c2)cnc1F. The Hall–Kier alpha value is -3.40. The number of anilines is 1.